The molecular weight excluding hydrogens is 383 g/mol. The average molecular weight is 405 g/mol. The number of carbonyl (C=O) groups is 1. The molecule has 0 bridgehead atoms. The summed E-state index contributed by atoms with van der Waals surface area (Å²) < 4.78 is 14.1. The molecule has 0 aromatic heterocycles. The van der Waals surface area contributed by atoms with Crippen LogP contribution in [0, 0.1) is 5.82 Å². The molecule has 1 N–H and O–H groups in total. The van der Waals surface area contributed by atoms with Gasteiger partial charge in [-0.2, -0.15) is 0 Å². The molecule has 5 heteroatoms. The Morgan fingerprint density at radius 1 is 1.20 bits per heavy atom. The number of amides is 1. The minimum Gasteiger partial charge on any atom is -0.348 e. The number of hydrogen-bond donors (Lipinski definition) is 1. The first-order chi connectivity index (χ1) is 12.0. The standard InChI is InChI=1S/C20H22BrFN2O/c1-14(16-4-6-17(21)7-5-16)23-20(25)13-24(19-10-11-19)12-15-2-8-18(22)9-3-15/h2-9,14,19H,10-13H2,1H3,(H,23,25)/t14-/m0/s1. The van der Waals surface area contributed by atoms with Gasteiger partial charge < -0.3 is 5.32 Å². The molecule has 1 aliphatic carbocycles. The van der Waals surface area contributed by atoms with Crippen LogP contribution >= 0.6 is 15.9 Å². The second-order valence-electron chi connectivity index (χ2n) is 6.60. The molecule has 0 unspecified atom stereocenters. The molecular formula is C20H22BrFN2O. The van der Waals surface area contributed by atoms with Crippen LogP contribution in [-0.4, -0.2) is 23.4 Å². The van der Waals surface area contributed by atoms with Crippen LogP contribution in [0.15, 0.2) is 53.0 Å². The molecule has 1 fully saturated rings. The zero-order valence-corrected chi connectivity index (χ0v) is 15.8. The van der Waals surface area contributed by atoms with E-state index in [0.29, 0.717) is 19.1 Å². The summed E-state index contributed by atoms with van der Waals surface area (Å²) in [6, 6.07) is 14.9. The van der Waals surface area contributed by atoms with E-state index in [1.54, 1.807) is 12.1 Å². The van der Waals surface area contributed by atoms with E-state index in [1.165, 1.54) is 12.1 Å². The van der Waals surface area contributed by atoms with E-state index in [2.05, 4.69) is 26.1 Å². The Labute approximate surface area is 156 Å². The fraction of sp³-hybridized carbons (Fsp3) is 0.350. The Morgan fingerprint density at radius 3 is 2.44 bits per heavy atom. The third kappa shape index (κ3) is 5.38. The molecule has 0 radical (unpaired) electrons. The lowest BCUT2D eigenvalue weighted by molar-refractivity contribution is -0.123. The van der Waals surface area contributed by atoms with Crippen LogP contribution < -0.4 is 5.32 Å². The first-order valence-corrected chi connectivity index (χ1v) is 9.34. The van der Waals surface area contributed by atoms with Gasteiger partial charge >= 0.3 is 0 Å². The Morgan fingerprint density at radius 2 is 1.84 bits per heavy atom. The van der Waals surface area contributed by atoms with Gasteiger partial charge in [-0.05, 0) is 55.2 Å². The molecule has 1 aliphatic rings. The van der Waals surface area contributed by atoms with Gasteiger partial charge in [-0.15, -0.1) is 0 Å². The van der Waals surface area contributed by atoms with Crippen molar-refractivity contribution < 1.29 is 9.18 Å². The maximum atomic E-state index is 13.1. The van der Waals surface area contributed by atoms with Crippen molar-refractivity contribution in [1.29, 1.82) is 0 Å². The summed E-state index contributed by atoms with van der Waals surface area (Å²) in [4.78, 5) is 14.6. The van der Waals surface area contributed by atoms with Crippen molar-refractivity contribution in [2.75, 3.05) is 6.54 Å². The maximum absolute atomic E-state index is 13.1. The molecule has 0 spiro atoms. The second-order valence-corrected chi connectivity index (χ2v) is 7.52. The van der Waals surface area contributed by atoms with Gasteiger partial charge in [0.15, 0.2) is 0 Å². The zero-order valence-electron chi connectivity index (χ0n) is 14.2. The fourth-order valence-electron chi connectivity index (χ4n) is 2.88. The number of rotatable bonds is 7. The molecule has 3 rings (SSSR count). The lowest BCUT2D eigenvalue weighted by atomic mass is 10.1. The topological polar surface area (TPSA) is 32.3 Å². The van der Waals surface area contributed by atoms with E-state index in [0.717, 1.165) is 28.4 Å². The first-order valence-electron chi connectivity index (χ1n) is 8.54. The number of nitrogens with zero attached hydrogens (tertiary/aromatic N) is 1. The molecule has 0 heterocycles. The molecule has 132 valence electrons. The van der Waals surface area contributed by atoms with Gasteiger partial charge in [0.2, 0.25) is 5.91 Å². The first kappa shape index (κ1) is 18.1. The quantitative estimate of drug-likeness (QED) is 0.739. The molecule has 2 aromatic rings. The van der Waals surface area contributed by atoms with Crippen LogP contribution in [0.3, 0.4) is 0 Å². The molecule has 0 aliphatic heterocycles. The summed E-state index contributed by atoms with van der Waals surface area (Å²) in [6.07, 6.45) is 2.24. The molecule has 0 saturated heterocycles. The van der Waals surface area contributed by atoms with Gasteiger partial charge in [0.05, 0.1) is 12.6 Å². The molecule has 1 amide bonds. The zero-order chi connectivity index (χ0) is 17.8. The van der Waals surface area contributed by atoms with E-state index in [9.17, 15) is 9.18 Å². The lowest BCUT2D eigenvalue weighted by Gasteiger charge is -2.23. The highest BCUT2D eigenvalue weighted by atomic mass is 79.9. The molecule has 1 saturated carbocycles. The largest absolute Gasteiger partial charge is 0.348 e. The van der Waals surface area contributed by atoms with E-state index in [-0.39, 0.29) is 17.8 Å². The van der Waals surface area contributed by atoms with Gasteiger partial charge in [0.1, 0.15) is 5.82 Å². The summed E-state index contributed by atoms with van der Waals surface area (Å²) in [5.41, 5.74) is 2.11. The Balaban J connectivity index is 1.57. The minimum absolute atomic E-state index is 0.0180. The highest BCUT2D eigenvalue weighted by Gasteiger charge is 2.30. The predicted molar refractivity (Wildman–Crippen MR) is 101 cm³/mol. The van der Waals surface area contributed by atoms with Crippen LogP contribution in [-0.2, 0) is 11.3 Å². The van der Waals surface area contributed by atoms with Crippen LogP contribution in [0.25, 0.3) is 0 Å². The Bertz CT molecular complexity index is 713. The van der Waals surface area contributed by atoms with Gasteiger partial charge in [-0.25, -0.2) is 4.39 Å². The smallest absolute Gasteiger partial charge is 0.234 e. The number of hydrogen-bond acceptors (Lipinski definition) is 2. The van der Waals surface area contributed by atoms with Crippen molar-refractivity contribution in [2.45, 2.75) is 38.4 Å². The molecule has 3 nitrogen and oxygen atoms in total. The van der Waals surface area contributed by atoms with E-state index < -0.39 is 0 Å². The predicted octanol–water partition coefficient (Wildman–Crippen LogP) is 4.43. The third-order valence-corrected chi connectivity index (χ3v) is 4.99. The monoisotopic (exact) mass is 404 g/mol. The highest BCUT2D eigenvalue weighted by molar-refractivity contribution is 9.10. The van der Waals surface area contributed by atoms with Crippen LogP contribution in [0.5, 0.6) is 0 Å². The maximum Gasteiger partial charge on any atom is 0.234 e. The van der Waals surface area contributed by atoms with Gasteiger partial charge in [0.25, 0.3) is 0 Å². The Hall–Kier alpha value is -1.72. The molecule has 2 aromatic carbocycles. The van der Waals surface area contributed by atoms with Crippen molar-refractivity contribution in [3.05, 3.63) is 69.9 Å². The van der Waals surface area contributed by atoms with Crippen molar-refractivity contribution >= 4 is 21.8 Å². The normalized spacial score (nSPS) is 15.2. The van der Waals surface area contributed by atoms with Crippen molar-refractivity contribution in [1.82, 2.24) is 10.2 Å². The van der Waals surface area contributed by atoms with Crippen LogP contribution in [0.1, 0.15) is 36.9 Å². The minimum atomic E-state index is -0.234. The average Bonchev–Trinajstić information content (AvgIpc) is 3.41. The van der Waals surface area contributed by atoms with Crippen molar-refractivity contribution in [3.63, 3.8) is 0 Å². The Kier molecular flexibility index (Phi) is 5.86. The third-order valence-electron chi connectivity index (χ3n) is 4.46. The van der Waals surface area contributed by atoms with E-state index >= 15 is 0 Å². The van der Waals surface area contributed by atoms with Gasteiger partial charge in [-0.3, -0.25) is 9.69 Å². The molecule has 25 heavy (non-hydrogen) atoms. The number of carbonyl (C=O) groups excluding carboxylic acids is 1. The summed E-state index contributed by atoms with van der Waals surface area (Å²) in [6.45, 7) is 3.02. The number of benzene rings is 2. The fourth-order valence-corrected chi connectivity index (χ4v) is 3.15. The SMILES string of the molecule is C[C@H](NC(=O)CN(Cc1ccc(F)cc1)C1CC1)c1ccc(Br)cc1. The summed E-state index contributed by atoms with van der Waals surface area (Å²) >= 11 is 3.42. The summed E-state index contributed by atoms with van der Waals surface area (Å²) in [5.74, 6) is -0.216. The summed E-state index contributed by atoms with van der Waals surface area (Å²) in [5, 5.41) is 3.07. The summed E-state index contributed by atoms with van der Waals surface area (Å²) in [7, 11) is 0. The van der Waals surface area contributed by atoms with E-state index in [4.69, 9.17) is 0 Å². The van der Waals surface area contributed by atoms with Gasteiger partial charge in [-0.1, -0.05) is 40.2 Å². The molecule has 1 atom stereocenters. The van der Waals surface area contributed by atoms with Gasteiger partial charge in [0, 0.05) is 17.1 Å². The van der Waals surface area contributed by atoms with Crippen molar-refractivity contribution in [3.8, 4) is 0 Å². The van der Waals surface area contributed by atoms with Crippen LogP contribution in [0.4, 0.5) is 4.39 Å². The lowest BCUT2D eigenvalue weighted by Crippen LogP contribution is -2.39. The number of nitrogens with one attached hydrogen (secondary N) is 1. The number of halogens is 2. The van der Waals surface area contributed by atoms with Crippen molar-refractivity contribution in [2.24, 2.45) is 0 Å². The van der Waals surface area contributed by atoms with E-state index in [1.807, 2.05) is 31.2 Å². The van der Waals surface area contributed by atoms with Crippen LogP contribution in [0.2, 0.25) is 0 Å². The second kappa shape index (κ2) is 8.11. The highest BCUT2D eigenvalue weighted by Crippen LogP contribution is 2.28.